The van der Waals surface area contributed by atoms with Crippen LogP contribution in [0, 0.1) is 0 Å². The maximum absolute atomic E-state index is 12.3. The van der Waals surface area contributed by atoms with Crippen molar-refractivity contribution in [2.75, 3.05) is 13.2 Å². The molecule has 0 atom stereocenters. The Hall–Kier alpha value is -2.36. The number of unbranched alkanes of at least 4 members (excludes halogenated alkanes) is 11. The van der Waals surface area contributed by atoms with Gasteiger partial charge in [0.15, 0.2) is 0 Å². The summed E-state index contributed by atoms with van der Waals surface area (Å²) in [5.74, 6) is 0.770. The van der Waals surface area contributed by atoms with Crippen LogP contribution >= 0.6 is 0 Å². The monoisotopic (exact) mass is 438 g/mol. The Kier molecular flexibility index (Phi) is 13.9. The molecule has 4 heteroatoms. The van der Waals surface area contributed by atoms with Crippen LogP contribution in [0.5, 0.6) is 5.75 Å². The van der Waals surface area contributed by atoms with Crippen LogP contribution in [0.25, 0.3) is 0 Å². The van der Waals surface area contributed by atoms with Gasteiger partial charge in [0.1, 0.15) is 5.75 Å². The van der Waals surface area contributed by atoms with Crippen molar-refractivity contribution in [3.63, 3.8) is 0 Å². The molecule has 176 valence electrons. The highest BCUT2D eigenvalue weighted by Gasteiger charge is 2.05. The van der Waals surface area contributed by atoms with E-state index in [1.807, 2.05) is 42.5 Å². The first kappa shape index (κ1) is 25.9. The number of amides is 1. The minimum absolute atomic E-state index is 0.0616. The number of carbonyl (C=O) groups is 1. The van der Waals surface area contributed by atoms with E-state index in [9.17, 15) is 4.79 Å². The Morgan fingerprint density at radius 2 is 1.44 bits per heavy atom. The zero-order valence-corrected chi connectivity index (χ0v) is 20.0. The van der Waals surface area contributed by atoms with Crippen molar-refractivity contribution >= 4 is 5.91 Å². The van der Waals surface area contributed by atoms with Crippen molar-refractivity contribution in [1.82, 2.24) is 10.3 Å². The van der Waals surface area contributed by atoms with E-state index in [-0.39, 0.29) is 5.91 Å². The average molecular weight is 439 g/mol. The number of carbonyl (C=O) groups excluding carboxylic acids is 1. The van der Waals surface area contributed by atoms with Gasteiger partial charge >= 0.3 is 0 Å². The summed E-state index contributed by atoms with van der Waals surface area (Å²) in [4.78, 5) is 16.5. The van der Waals surface area contributed by atoms with Crippen LogP contribution in [0.1, 0.15) is 100 Å². The van der Waals surface area contributed by atoms with E-state index in [0.717, 1.165) is 30.9 Å². The lowest BCUT2D eigenvalue weighted by Gasteiger charge is -2.08. The zero-order chi connectivity index (χ0) is 22.7. The molecule has 1 heterocycles. The number of hydrogen-bond acceptors (Lipinski definition) is 3. The fraction of sp³-hybridized carbons (Fsp3) is 0.571. The molecule has 0 unspecified atom stereocenters. The molecule has 2 rings (SSSR count). The second kappa shape index (κ2) is 17.2. The molecule has 0 aliphatic heterocycles. The Labute approximate surface area is 195 Å². The summed E-state index contributed by atoms with van der Waals surface area (Å²) in [5.41, 5.74) is 1.64. The summed E-state index contributed by atoms with van der Waals surface area (Å²) in [5, 5.41) is 2.94. The lowest BCUT2D eigenvalue weighted by molar-refractivity contribution is 0.0954. The second-order valence-corrected chi connectivity index (χ2v) is 8.59. The summed E-state index contributed by atoms with van der Waals surface area (Å²) in [6.07, 6.45) is 18.6. The molecule has 0 aliphatic carbocycles. The van der Waals surface area contributed by atoms with Gasteiger partial charge in [-0.15, -0.1) is 0 Å². The quantitative estimate of drug-likeness (QED) is 0.252. The molecule has 4 nitrogen and oxygen atoms in total. The summed E-state index contributed by atoms with van der Waals surface area (Å²) in [7, 11) is 0. The lowest BCUT2D eigenvalue weighted by Crippen LogP contribution is -2.25. The fourth-order valence-electron chi connectivity index (χ4n) is 3.79. The highest BCUT2D eigenvalue weighted by molar-refractivity contribution is 5.94. The average Bonchev–Trinajstić information content (AvgIpc) is 2.83. The molecule has 0 fully saturated rings. The normalized spacial score (nSPS) is 10.8. The maximum Gasteiger partial charge on any atom is 0.251 e. The highest BCUT2D eigenvalue weighted by Crippen LogP contribution is 2.14. The van der Waals surface area contributed by atoms with Crippen LogP contribution in [0.4, 0.5) is 0 Å². The molecular formula is C28H42N2O2. The Morgan fingerprint density at radius 3 is 2.03 bits per heavy atom. The Morgan fingerprint density at radius 1 is 0.812 bits per heavy atom. The number of benzene rings is 1. The standard InChI is InChI=1S/C28H42N2O2/c1-2-3-4-5-6-7-8-9-10-11-12-15-24-32-27-19-17-25(18-20-27)28(31)30-23-21-26-16-13-14-22-29-26/h13-14,16-20,22H,2-12,15,21,23-24H2,1H3,(H,30,31). The van der Waals surface area contributed by atoms with E-state index < -0.39 is 0 Å². The van der Waals surface area contributed by atoms with Crippen molar-refractivity contribution in [2.45, 2.75) is 90.4 Å². The van der Waals surface area contributed by atoms with E-state index in [4.69, 9.17) is 4.74 Å². The summed E-state index contributed by atoms with van der Waals surface area (Å²) in [6, 6.07) is 13.2. The van der Waals surface area contributed by atoms with Gasteiger partial charge in [0.05, 0.1) is 6.61 Å². The third-order valence-electron chi connectivity index (χ3n) is 5.78. The van der Waals surface area contributed by atoms with Crippen molar-refractivity contribution in [1.29, 1.82) is 0 Å². The summed E-state index contributed by atoms with van der Waals surface area (Å²) >= 11 is 0. The number of nitrogens with one attached hydrogen (secondary N) is 1. The van der Waals surface area contributed by atoms with E-state index in [2.05, 4.69) is 17.2 Å². The molecule has 0 spiro atoms. The number of pyridine rings is 1. The summed E-state index contributed by atoms with van der Waals surface area (Å²) < 4.78 is 5.83. The van der Waals surface area contributed by atoms with E-state index in [1.165, 1.54) is 70.6 Å². The molecule has 0 saturated carbocycles. The third-order valence-corrected chi connectivity index (χ3v) is 5.78. The molecule has 1 aromatic carbocycles. The molecule has 2 aromatic rings. The Bertz CT molecular complexity index is 716. The fourth-order valence-corrected chi connectivity index (χ4v) is 3.79. The number of aromatic nitrogens is 1. The minimum Gasteiger partial charge on any atom is -0.494 e. The number of rotatable bonds is 18. The van der Waals surface area contributed by atoms with Crippen molar-refractivity contribution in [3.05, 3.63) is 59.9 Å². The predicted molar refractivity (Wildman–Crippen MR) is 133 cm³/mol. The molecule has 1 amide bonds. The van der Waals surface area contributed by atoms with E-state index in [1.54, 1.807) is 6.20 Å². The highest BCUT2D eigenvalue weighted by atomic mass is 16.5. The number of ether oxygens (including phenoxy) is 1. The third kappa shape index (κ3) is 11.9. The van der Waals surface area contributed by atoms with Crippen molar-refractivity contribution in [3.8, 4) is 5.75 Å². The first-order chi connectivity index (χ1) is 15.8. The van der Waals surface area contributed by atoms with Gasteiger partial charge < -0.3 is 10.1 Å². The van der Waals surface area contributed by atoms with Gasteiger partial charge in [-0.3, -0.25) is 9.78 Å². The first-order valence-corrected chi connectivity index (χ1v) is 12.7. The van der Waals surface area contributed by atoms with Gasteiger partial charge in [-0.05, 0) is 42.8 Å². The van der Waals surface area contributed by atoms with Crippen LogP contribution in [0.15, 0.2) is 48.7 Å². The van der Waals surface area contributed by atoms with Gasteiger partial charge in [0, 0.05) is 30.4 Å². The van der Waals surface area contributed by atoms with Crippen LogP contribution < -0.4 is 10.1 Å². The van der Waals surface area contributed by atoms with Crippen LogP contribution in [-0.2, 0) is 6.42 Å². The largest absolute Gasteiger partial charge is 0.494 e. The SMILES string of the molecule is CCCCCCCCCCCCCCOc1ccc(C(=O)NCCc2ccccn2)cc1. The van der Waals surface area contributed by atoms with Crippen molar-refractivity contribution < 1.29 is 9.53 Å². The molecule has 32 heavy (non-hydrogen) atoms. The smallest absolute Gasteiger partial charge is 0.251 e. The van der Waals surface area contributed by atoms with E-state index >= 15 is 0 Å². The van der Waals surface area contributed by atoms with Gasteiger partial charge in [0.25, 0.3) is 5.91 Å². The lowest BCUT2D eigenvalue weighted by atomic mass is 10.1. The predicted octanol–water partition coefficient (Wildman–Crippen LogP) is 7.13. The van der Waals surface area contributed by atoms with E-state index in [0.29, 0.717) is 12.1 Å². The molecule has 1 N–H and O–H groups in total. The van der Waals surface area contributed by atoms with Gasteiger partial charge in [-0.2, -0.15) is 0 Å². The van der Waals surface area contributed by atoms with Crippen LogP contribution in [-0.4, -0.2) is 24.0 Å². The molecule has 0 radical (unpaired) electrons. The van der Waals surface area contributed by atoms with Crippen LogP contribution in [0.3, 0.4) is 0 Å². The molecular weight excluding hydrogens is 396 g/mol. The summed E-state index contributed by atoms with van der Waals surface area (Å²) in [6.45, 7) is 3.59. The minimum atomic E-state index is -0.0616. The number of hydrogen-bond donors (Lipinski definition) is 1. The molecule has 0 saturated heterocycles. The van der Waals surface area contributed by atoms with Gasteiger partial charge in [0.2, 0.25) is 0 Å². The Balaban J connectivity index is 1.46. The molecule has 1 aromatic heterocycles. The first-order valence-electron chi connectivity index (χ1n) is 12.7. The number of nitrogens with zero attached hydrogens (tertiary/aromatic N) is 1. The topological polar surface area (TPSA) is 51.2 Å². The maximum atomic E-state index is 12.3. The van der Waals surface area contributed by atoms with Crippen LogP contribution in [0.2, 0.25) is 0 Å². The molecule has 0 bridgehead atoms. The second-order valence-electron chi connectivity index (χ2n) is 8.59. The van der Waals surface area contributed by atoms with Crippen molar-refractivity contribution in [2.24, 2.45) is 0 Å². The van der Waals surface area contributed by atoms with Gasteiger partial charge in [-0.25, -0.2) is 0 Å². The molecule has 0 aliphatic rings. The zero-order valence-electron chi connectivity index (χ0n) is 20.0. The van der Waals surface area contributed by atoms with Gasteiger partial charge in [-0.1, -0.05) is 83.6 Å².